The Morgan fingerprint density at radius 1 is 0.889 bits per heavy atom. The Hall–Kier alpha value is -3.20. The van der Waals surface area contributed by atoms with E-state index >= 15 is 0 Å². The highest BCUT2D eigenvalue weighted by atomic mass is 35.5. The summed E-state index contributed by atoms with van der Waals surface area (Å²) in [4.78, 5) is 25.9. The quantitative estimate of drug-likeness (QED) is 0.457. The Bertz CT molecular complexity index is 1310. The van der Waals surface area contributed by atoms with Crippen molar-refractivity contribution in [3.63, 3.8) is 0 Å². The minimum Gasteiger partial charge on any atom is -0.352 e. The molecule has 0 atom stereocenters. The number of anilines is 1. The van der Waals surface area contributed by atoms with E-state index in [1.54, 1.807) is 36.4 Å². The maximum absolute atomic E-state index is 13.0. The van der Waals surface area contributed by atoms with Crippen molar-refractivity contribution in [2.24, 2.45) is 5.92 Å². The zero-order valence-electron chi connectivity index (χ0n) is 19.7. The lowest BCUT2D eigenvalue weighted by Crippen LogP contribution is -2.41. The average molecular weight is 526 g/mol. The molecule has 0 bridgehead atoms. The van der Waals surface area contributed by atoms with Crippen LogP contribution in [-0.4, -0.2) is 44.2 Å². The van der Waals surface area contributed by atoms with Crippen LogP contribution >= 0.6 is 11.6 Å². The van der Waals surface area contributed by atoms with E-state index in [9.17, 15) is 18.0 Å². The smallest absolute Gasteiger partial charge is 0.253 e. The third-order valence-corrected chi connectivity index (χ3v) is 8.41. The number of amides is 2. The number of sulfonamides is 1. The number of para-hydroxylation sites is 1. The van der Waals surface area contributed by atoms with Crippen molar-refractivity contribution in [1.82, 2.24) is 9.62 Å². The van der Waals surface area contributed by atoms with E-state index in [1.807, 2.05) is 30.3 Å². The molecule has 7 nitrogen and oxygen atoms in total. The molecule has 9 heteroatoms. The van der Waals surface area contributed by atoms with Gasteiger partial charge in [0.1, 0.15) is 0 Å². The molecule has 0 spiro atoms. The van der Waals surface area contributed by atoms with Crippen LogP contribution in [0.1, 0.15) is 28.8 Å². The molecular formula is C27H28ClN3O4S. The van der Waals surface area contributed by atoms with Gasteiger partial charge in [0.25, 0.3) is 5.91 Å². The molecule has 0 unspecified atom stereocenters. The summed E-state index contributed by atoms with van der Waals surface area (Å²) in [6, 6.07) is 22.8. The molecule has 3 aromatic carbocycles. The van der Waals surface area contributed by atoms with Gasteiger partial charge in [-0.2, -0.15) is 4.31 Å². The second-order valence-electron chi connectivity index (χ2n) is 8.66. The molecule has 188 valence electrons. The van der Waals surface area contributed by atoms with Crippen molar-refractivity contribution in [1.29, 1.82) is 0 Å². The van der Waals surface area contributed by atoms with Crippen molar-refractivity contribution < 1.29 is 18.0 Å². The number of carbonyl (C=O) groups excluding carboxylic acids is 2. The van der Waals surface area contributed by atoms with Crippen molar-refractivity contribution in [2.75, 3.05) is 25.0 Å². The van der Waals surface area contributed by atoms with Gasteiger partial charge in [0, 0.05) is 30.6 Å². The fourth-order valence-corrected chi connectivity index (χ4v) is 5.79. The average Bonchev–Trinajstić information content (AvgIpc) is 2.90. The molecule has 0 radical (unpaired) electrons. The van der Waals surface area contributed by atoms with Gasteiger partial charge in [-0.15, -0.1) is 0 Å². The normalized spacial score (nSPS) is 14.8. The van der Waals surface area contributed by atoms with E-state index in [1.165, 1.54) is 16.4 Å². The highest BCUT2D eigenvalue weighted by molar-refractivity contribution is 7.89. The SMILES string of the molecule is O=C(NCCc1ccccc1)c1ccccc1NC(=O)C1CCN(S(=O)(=O)c2ccc(Cl)cc2)CC1. The topological polar surface area (TPSA) is 95.6 Å². The molecule has 0 aromatic heterocycles. The lowest BCUT2D eigenvalue weighted by molar-refractivity contribution is -0.120. The highest BCUT2D eigenvalue weighted by Gasteiger charge is 2.32. The molecule has 2 amide bonds. The summed E-state index contributed by atoms with van der Waals surface area (Å²) in [6.45, 7) is 0.959. The molecule has 0 aliphatic carbocycles. The molecule has 1 heterocycles. The zero-order chi connectivity index (χ0) is 25.5. The van der Waals surface area contributed by atoms with Gasteiger partial charge in [0.15, 0.2) is 0 Å². The highest BCUT2D eigenvalue weighted by Crippen LogP contribution is 2.26. The second kappa shape index (κ2) is 11.7. The van der Waals surface area contributed by atoms with E-state index in [0.29, 0.717) is 42.1 Å². The van der Waals surface area contributed by atoms with E-state index in [4.69, 9.17) is 11.6 Å². The Morgan fingerprint density at radius 3 is 2.22 bits per heavy atom. The summed E-state index contributed by atoms with van der Waals surface area (Å²) in [5.74, 6) is -0.829. The molecular weight excluding hydrogens is 498 g/mol. The summed E-state index contributed by atoms with van der Waals surface area (Å²) >= 11 is 5.87. The van der Waals surface area contributed by atoms with Gasteiger partial charge in [0.2, 0.25) is 15.9 Å². The molecule has 36 heavy (non-hydrogen) atoms. The second-order valence-corrected chi connectivity index (χ2v) is 11.0. The van der Waals surface area contributed by atoms with E-state index < -0.39 is 10.0 Å². The number of hydrogen-bond acceptors (Lipinski definition) is 4. The predicted octanol–water partition coefficient (Wildman–Crippen LogP) is 4.35. The maximum atomic E-state index is 13.0. The van der Waals surface area contributed by atoms with Crippen LogP contribution < -0.4 is 10.6 Å². The minimum atomic E-state index is -3.64. The van der Waals surface area contributed by atoms with Crippen molar-refractivity contribution in [2.45, 2.75) is 24.2 Å². The summed E-state index contributed by atoms with van der Waals surface area (Å²) in [5.41, 5.74) is 1.96. The van der Waals surface area contributed by atoms with Crippen molar-refractivity contribution in [3.05, 3.63) is 95.0 Å². The summed E-state index contributed by atoms with van der Waals surface area (Å²) < 4.78 is 27.2. The van der Waals surface area contributed by atoms with Crippen LogP contribution in [0.25, 0.3) is 0 Å². The first-order valence-electron chi connectivity index (χ1n) is 11.8. The Morgan fingerprint density at radius 2 is 1.53 bits per heavy atom. The zero-order valence-corrected chi connectivity index (χ0v) is 21.3. The van der Waals surface area contributed by atoms with Crippen LogP contribution in [-0.2, 0) is 21.2 Å². The van der Waals surface area contributed by atoms with Crippen LogP contribution in [0, 0.1) is 5.92 Å². The summed E-state index contributed by atoms with van der Waals surface area (Å²) in [7, 11) is -3.64. The first-order chi connectivity index (χ1) is 17.3. The van der Waals surface area contributed by atoms with Gasteiger partial charge in [-0.1, -0.05) is 54.1 Å². The number of piperidine rings is 1. The molecule has 1 aliphatic rings. The van der Waals surface area contributed by atoms with Crippen LogP contribution in [0.3, 0.4) is 0 Å². The molecule has 1 fully saturated rings. The Labute approximate surface area is 216 Å². The fourth-order valence-electron chi connectivity index (χ4n) is 4.20. The van der Waals surface area contributed by atoms with Gasteiger partial charge in [-0.05, 0) is 61.2 Å². The Kier molecular flexibility index (Phi) is 8.40. The Balaban J connectivity index is 1.33. The van der Waals surface area contributed by atoms with E-state index in [0.717, 1.165) is 5.56 Å². The lowest BCUT2D eigenvalue weighted by atomic mass is 9.97. The number of halogens is 1. The fraction of sp³-hybridized carbons (Fsp3) is 0.259. The standard InChI is InChI=1S/C27H28ClN3O4S/c28-22-10-12-23(13-11-22)36(34,35)31-18-15-21(16-19-31)26(32)30-25-9-5-4-8-24(25)27(33)29-17-14-20-6-2-1-3-7-20/h1-13,21H,14-19H2,(H,29,33)(H,30,32). The number of nitrogens with zero attached hydrogens (tertiary/aromatic N) is 1. The third-order valence-electron chi connectivity index (χ3n) is 6.25. The van der Waals surface area contributed by atoms with Gasteiger partial charge in [-0.3, -0.25) is 9.59 Å². The first-order valence-corrected chi connectivity index (χ1v) is 13.6. The lowest BCUT2D eigenvalue weighted by Gasteiger charge is -2.30. The molecule has 1 saturated heterocycles. The van der Waals surface area contributed by atoms with Gasteiger partial charge in [0.05, 0.1) is 16.1 Å². The van der Waals surface area contributed by atoms with Crippen molar-refractivity contribution in [3.8, 4) is 0 Å². The van der Waals surface area contributed by atoms with Crippen molar-refractivity contribution >= 4 is 39.1 Å². The molecule has 0 saturated carbocycles. The molecule has 3 aromatic rings. The number of benzene rings is 3. The maximum Gasteiger partial charge on any atom is 0.253 e. The number of rotatable bonds is 8. The number of hydrogen-bond donors (Lipinski definition) is 2. The van der Waals surface area contributed by atoms with Crippen LogP contribution in [0.5, 0.6) is 0 Å². The minimum absolute atomic E-state index is 0.182. The first kappa shape index (κ1) is 25.9. The predicted molar refractivity (Wildman–Crippen MR) is 140 cm³/mol. The van der Waals surface area contributed by atoms with Crippen LogP contribution in [0.2, 0.25) is 5.02 Å². The van der Waals surface area contributed by atoms with E-state index in [2.05, 4.69) is 10.6 Å². The third kappa shape index (κ3) is 6.32. The largest absolute Gasteiger partial charge is 0.352 e. The van der Waals surface area contributed by atoms with Gasteiger partial charge < -0.3 is 10.6 Å². The molecule has 1 aliphatic heterocycles. The number of nitrogens with one attached hydrogen (secondary N) is 2. The summed E-state index contributed by atoms with van der Waals surface area (Å²) in [6.07, 6.45) is 1.49. The van der Waals surface area contributed by atoms with Gasteiger partial charge >= 0.3 is 0 Å². The molecule has 2 N–H and O–H groups in total. The monoisotopic (exact) mass is 525 g/mol. The summed E-state index contributed by atoms with van der Waals surface area (Å²) in [5, 5.41) is 6.26. The number of carbonyl (C=O) groups is 2. The van der Waals surface area contributed by atoms with E-state index in [-0.39, 0.29) is 35.7 Å². The van der Waals surface area contributed by atoms with Crippen LogP contribution in [0.4, 0.5) is 5.69 Å². The molecule has 4 rings (SSSR count). The van der Waals surface area contributed by atoms with Gasteiger partial charge in [-0.25, -0.2) is 8.42 Å². The van der Waals surface area contributed by atoms with Crippen LogP contribution in [0.15, 0.2) is 83.8 Å².